The topological polar surface area (TPSA) is 75.3 Å². The average Bonchev–Trinajstić information content (AvgIpc) is 2.24. The van der Waals surface area contributed by atoms with E-state index in [9.17, 15) is 13.2 Å². The van der Waals surface area contributed by atoms with Crippen molar-refractivity contribution in [2.75, 3.05) is 23.9 Å². The van der Waals surface area contributed by atoms with E-state index < -0.39 is 21.5 Å². The number of hydrogen-bond acceptors (Lipinski definition) is 4. The zero-order chi connectivity index (χ0) is 13.6. The van der Waals surface area contributed by atoms with Crippen LogP contribution >= 0.6 is 12.4 Å². The van der Waals surface area contributed by atoms with Crippen LogP contribution in [-0.2, 0) is 21.2 Å². The van der Waals surface area contributed by atoms with Crippen LogP contribution in [0.3, 0.4) is 0 Å². The third-order valence-electron chi connectivity index (χ3n) is 2.18. The number of amides is 1. The largest absolute Gasteiger partial charge is 0.325 e. The van der Waals surface area contributed by atoms with E-state index in [1.54, 1.807) is 6.07 Å². The molecule has 7 heteroatoms. The van der Waals surface area contributed by atoms with E-state index in [2.05, 4.69) is 10.6 Å². The van der Waals surface area contributed by atoms with Crippen molar-refractivity contribution < 1.29 is 13.2 Å². The van der Waals surface area contributed by atoms with Gasteiger partial charge in [-0.15, -0.1) is 12.4 Å². The number of anilines is 1. The Labute approximate surface area is 120 Å². The highest BCUT2D eigenvalue weighted by atomic mass is 35.5. The molecule has 0 aliphatic carbocycles. The predicted octanol–water partition coefficient (Wildman–Crippen LogP) is 1.20. The van der Waals surface area contributed by atoms with E-state index >= 15 is 0 Å². The van der Waals surface area contributed by atoms with Crippen LogP contribution in [0.25, 0.3) is 0 Å². The second-order valence-corrected chi connectivity index (χ2v) is 6.24. The zero-order valence-electron chi connectivity index (χ0n) is 11.0. The molecule has 2 N–H and O–H groups in total. The number of sulfone groups is 1. The Morgan fingerprint density at radius 3 is 2.58 bits per heavy atom. The summed E-state index contributed by atoms with van der Waals surface area (Å²) in [6.45, 7) is 3.59. The monoisotopic (exact) mass is 306 g/mol. The Morgan fingerprint density at radius 1 is 1.32 bits per heavy atom. The molecule has 0 aliphatic heterocycles. The molecule has 108 valence electrons. The Bertz CT molecular complexity index is 517. The third-order valence-corrected chi connectivity index (χ3v) is 2.97. The smallest absolute Gasteiger partial charge is 0.239 e. The number of hydrogen-bond donors (Lipinski definition) is 2. The van der Waals surface area contributed by atoms with Crippen LogP contribution in [0.5, 0.6) is 0 Å². The summed E-state index contributed by atoms with van der Waals surface area (Å²) < 4.78 is 21.9. The predicted molar refractivity (Wildman–Crippen MR) is 79.4 cm³/mol. The van der Waals surface area contributed by atoms with Gasteiger partial charge in [0.25, 0.3) is 0 Å². The number of rotatable bonds is 6. The molecule has 0 unspecified atom stereocenters. The van der Waals surface area contributed by atoms with Gasteiger partial charge in [0.15, 0.2) is 9.84 Å². The van der Waals surface area contributed by atoms with Crippen LogP contribution in [-0.4, -0.2) is 32.9 Å². The van der Waals surface area contributed by atoms with Gasteiger partial charge in [-0.2, -0.15) is 0 Å². The van der Waals surface area contributed by atoms with Gasteiger partial charge in [-0.25, -0.2) is 8.42 Å². The maximum absolute atomic E-state index is 11.4. The first kappa shape index (κ1) is 17.9. The zero-order valence-corrected chi connectivity index (χ0v) is 12.6. The van der Waals surface area contributed by atoms with Gasteiger partial charge in [0.1, 0.15) is 5.75 Å². The van der Waals surface area contributed by atoms with Crippen molar-refractivity contribution in [2.45, 2.75) is 13.5 Å². The molecular formula is C12H19ClN2O3S. The van der Waals surface area contributed by atoms with E-state index in [-0.39, 0.29) is 12.4 Å². The minimum absolute atomic E-state index is 0. The molecule has 0 heterocycles. The molecule has 1 aromatic rings. The molecule has 1 rings (SSSR count). The standard InChI is InChI=1S/C12H18N2O3S.ClH/c1-3-13-8-10-5-4-6-11(7-10)14-12(15)9-18(2,16)17;/h4-7,13H,3,8-9H2,1-2H3,(H,14,15);1H. The van der Waals surface area contributed by atoms with E-state index in [0.717, 1.165) is 18.4 Å². The van der Waals surface area contributed by atoms with Crippen LogP contribution in [0, 0.1) is 0 Å². The van der Waals surface area contributed by atoms with Gasteiger partial charge in [0.2, 0.25) is 5.91 Å². The molecule has 19 heavy (non-hydrogen) atoms. The lowest BCUT2D eigenvalue weighted by molar-refractivity contribution is -0.113. The van der Waals surface area contributed by atoms with Crippen molar-refractivity contribution in [2.24, 2.45) is 0 Å². The third kappa shape index (κ3) is 7.81. The second kappa shape index (κ2) is 8.14. The molecule has 0 bridgehead atoms. The Hall–Kier alpha value is -1.11. The molecule has 0 spiro atoms. The van der Waals surface area contributed by atoms with Gasteiger partial charge in [-0.3, -0.25) is 4.79 Å². The lowest BCUT2D eigenvalue weighted by atomic mass is 10.2. The first-order chi connectivity index (χ1) is 8.40. The molecule has 1 aromatic carbocycles. The number of nitrogens with one attached hydrogen (secondary N) is 2. The summed E-state index contributed by atoms with van der Waals surface area (Å²) >= 11 is 0. The average molecular weight is 307 g/mol. The number of halogens is 1. The van der Waals surface area contributed by atoms with Gasteiger partial charge < -0.3 is 10.6 Å². The number of carbonyl (C=O) groups is 1. The van der Waals surface area contributed by atoms with Crippen molar-refractivity contribution in [3.8, 4) is 0 Å². The minimum atomic E-state index is -3.29. The second-order valence-electron chi connectivity index (χ2n) is 4.10. The molecule has 5 nitrogen and oxygen atoms in total. The summed E-state index contributed by atoms with van der Waals surface area (Å²) in [4.78, 5) is 11.4. The molecule has 0 saturated carbocycles. The van der Waals surface area contributed by atoms with E-state index in [0.29, 0.717) is 12.2 Å². The molecule has 0 atom stereocenters. The summed E-state index contributed by atoms with van der Waals surface area (Å²) in [6.07, 6.45) is 1.04. The van der Waals surface area contributed by atoms with E-state index in [4.69, 9.17) is 0 Å². The highest BCUT2D eigenvalue weighted by molar-refractivity contribution is 7.91. The number of benzene rings is 1. The van der Waals surface area contributed by atoms with Gasteiger partial charge in [0.05, 0.1) is 0 Å². The summed E-state index contributed by atoms with van der Waals surface area (Å²) in [5.74, 6) is -1.01. The van der Waals surface area contributed by atoms with Crippen LogP contribution in [0.15, 0.2) is 24.3 Å². The fourth-order valence-electron chi connectivity index (χ4n) is 1.46. The minimum Gasteiger partial charge on any atom is -0.325 e. The van der Waals surface area contributed by atoms with Crippen molar-refractivity contribution in [3.63, 3.8) is 0 Å². The first-order valence-electron chi connectivity index (χ1n) is 5.68. The molecule has 0 aliphatic rings. The van der Waals surface area contributed by atoms with Gasteiger partial charge in [-0.1, -0.05) is 19.1 Å². The fraction of sp³-hybridized carbons (Fsp3) is 0.417. The molecule has 0 aromatic heterocycles. The SMILES string of the molecule is CCNCc1cccc(NC(=O)CS(C)(=O)=O)c1.Cl. The maximum Gasteiger partial charge on any atom is 0.239 e. The summed E-state index contributed by atoms with van der Waals surface area (Å²) in [5.41, 5.74) is 1.65. The lowest BCUT2D eigenvalue weighted by Crippen LogP contribution is -2.22. The van der Waals surface area contributed by atoms with Crippen LogP contribution in [0.2, 0.25) is 0 Å². The van der Waals surface area contributed by atoms with Crippen LogP contribution in [0.4, 0.5) is 5.69 Å². The van der Waals surface area contributed by atoms with Gasteiger partial charge in [-0.05, 0) is 24.2 Å². The van der Waals surface area contributed by atoms with Gasteiger partial charge >= 0.3 is 0 Å². The molecule has 0 fully saturated rings. The highest BCUT2D eigenvalue weighted by Gasteiger charge is 2.10. The van der Waals surface area contributed by atoms with Crippen LogP contribution in [0.1, 0.15) is 12.5 Å². The van der Waals surface area contributed by atoms with E-state index in [1.165, 1.54) is 0 Å². The Kier molecular flexibility index (Phi) is 7.66. The van der Waals surface area contributed by atoms with Crippen molar-refractivity contribution in [3.05, 3.63) is 29.8 Å². The summed E-state index contributed by atoms with van der Waals surface area (Å²) in [6, 6.07) is 7.32. The Morgan fingerprint density at radius 2 is 2.00 bits per heavy atom. The normalized spacial score (nSPS) is 10.6. The van der Waals surface area contributed by atoms with Crippen molar-refractivity contribution in [1.29, 1.82) is 0 Å². The first-order valence-corrected chi connectivity index (χ1v) is 7.74. The number of carbonyl (C=O) groups excluding carboxylic acids is 1. The van der Waals surface area contributed by atoms with Crippen molar-refractivity contribution >= 4 is 33.8 Å². The summed E-state index contributed by atoms with van der Waals surface area (Å²) in [7, 11) is -3.29. The van der Waals surface area contributed by atoms with Crippen LogP contribution < -0.4 is 10.6 Å². The lowest BCUT2D eigenvalue weighted by Gasteiger charge is -2.07. The quantitative estimate of drug-likeness (QED) is 0.828. The summed E-state index contributed by atoms with van der Waals surface area (Å²) in [5, 5.41) is 5.74. The maximum atomic E-state index is 11.4. The van der Waals surface area contributed by atoms with E-state index in [1.807, 2.05) is 25.1 Å². The van der Waals surface area contributed by atoms with Crippen molar-refractivity contribution in [1.82, 2.24) is 5.32 Å². The molecular weight excluding hydrogens is 288 g/mol. The molecule has 0 saturated heterocycles. The molecule has 1 amide bonds. The molecule has 0 radical (unpaired) electrons. The Balaban J connectivity index is 0.00000324. The van der Waals surface area contributed by atoms with Gasteiger partial charge in [0, 0.05) is 18.5 Å². The fourth-order valence-corrected chi connectivity index (χ4v) is 2.01. The highest BCUT2D eigenvalue weighted by Crippen LogP contribution is 2.10.